The maximum Gasteiger partial charge on any atom is 0.0825 e. The summed E-state index contributed by atoms with van der Waals surface area (Å²) < 4.78 is 0. The quantitative estimate of drug-likeness (QED) is 0.198. The van der Waals surface area contributed by atoms with E-state index < -0.39 is 18.3 Å². The molecule has 4 aliphatic rings. The number of aryl methyl sites for hydroxylation is 1. The van der Waals surface area contributed by atoms with Gasteiger partial charge in [0.05, 0.1) is 18.3 Å². The van der Waals surface area contributed by atoms with Crippen molar-refractivity contribution in [1.29, 1.82) is 0 Å². The Balaban J connectivity index is 1.24. The van der Waals surface area contributed by atoms with E-state index in [-0.39, 0.29) is 10.8 Å². The summed E-state index contributed by atoms with van der Waals surface area (Å²) in [5.74, 6) is 1.64. The molecule has 0 amide bonds. The van der Waals surface area contributed by atoms with Crippen LogP contribution in [0.3, 0.4) is 0 Å². The molecule has 0 spiro atoms. The van der Waals surface area contributed by atoms with E-state index in [1.807, 2.05) is 11.3 Å². The Morgan fingerprint density at radius 2 is 1.93 bits per heavy atom. The van der Waals surface area contributed by atoms with E-state index in [4.69, 9.17) is 0 Å². The molecule has 4 fully saturated rings. The smallest absolute Gasteiger partial charge is 0.0825 e. The third kappa shape index (κ3) is 6.02. The number of rotatable bonds is 10. The summed E-state index contributed by atoms with van der Waals surface area (Å²) in [4.78, 5) is 1.38. The van der Waals surface area contributed by atoms with E-state index in [2.05, 4.69) is 63.1 Å². The summed E-state index contributed by atoms with van der Waals surface area (Å²) in [6.07, 6.45) is 21.6. The minimum absolute atomic E-state index is 0.0511. The first-order chi connectivity index (χ1) is 19.2. The van der Waals surface area contributed by atoms with Gasteiger partial charge in [0.15, 0.2) is 0 Å². The van der Waals surface area contributed by atoms with E-state index in [0.717, 1.165) is 36.8 Å². The van der Waals surface area contributed by atoms with Gasteiger partial charge in [-0.3, -0.25) is 0 Å². The Bertz CT molecular complexity index is 1140. The molecule has 0 unspecified atom stereocenters. The molecule has 0 aliphatic heterocycles. The van der Waals surface area contributed by atoms with Crippen LogP contribution in [0.15, 0.2) is 59.0 Å². The third-order valence-electron chi connectivity index (χ3n) is 11.1. The number of allylic oxidation sites excluding steroid dienone is 4. The van der Waals surface area contributed by atoms with Crippen molar-refractivity contribution in [3.8, 4) is 0 Å². The molecule has 1 aromatic heterocycles. The van der Waals surface area contributed by atoms with Crippen molar-refractivity contribution in [3.63, 3.8) is 0 Å². The molecule has 0 aromatic carbocycles. The summed E-state index contributed by atoms with van der Waals surface area (Å²) in [7, 11) is 0. The molecule has 1 heterocycles. The van der Waals surface area contributed by atoms with Gasteiger partial charge in [-0.25, -0.2) is 0 Å². The lowest BCUT2D eigenvalue weighted by Crippen LogP contribution is -2.35. The van der Waals surface area contributed by atoms with Gasteiger partial charge in [-0.1, -0.05) is 70.1 Å². The summed E-state index contributed by atoms with van der Waals surface area (Å²) in [6.45, 7) is 11.2. The lowest BCUT2D eigenvalue weighted by Gasteiger charge is -2.44. The summed E-state index contributed by atoms with van der Waals surface area (Å²) in [5.41, 5.74) is 4.98. The van der Waals surface area contributed by atoms with Crippen LogP contribution in [-0.4, -0.2) is 33.6 Å². The molecule has 1 aromatic rings. The minimum Gasteiger partial charge on any atom is -0.393 e. The topological polar surface area (TPSA) is 60.7 Å². The van der Waals surface area contributed by atoms with Crippen molar-refractivity contribution in [3.05, 3.63) is 69.5 Å². The number of unbranched alkanes of at least 4 members (excludes halogenated alkanes) is 2. The first-order valence-electron chi connectivity index (χ1n) is 16.1. The zero-order valence-corrected chi connectivity index (χ0v) is 25.9. The van der Waals surface area contributed by atoms with Gasteiger partial charge in [-0.05, 0) is 116 Å². The fourth-order valence-electron chi connectivity index (χ4n) is 8.38. The van der Waals surface area contributed by atoms with Crippen LogP contribution < -0.4 is 0 Å². The number of aliphatic hydroxyl groups excluding tert-OH is 3. The molecule has 0 saturated heterocycles. The molecule has 220 valence electrons. The average molecular weight is 565 g/mol. The number of hydrogen-bond donors (Lipinski definition) is 3. The highest BCUT2D eigenvalue weighted by Gasteiger charge is 2.52. The molecular weight excluding hydrogens is 512 g/mol. The third-order valence-corrected chi connectivity index (χ3v) is 12.3. The highest BCUT2D eigenvalue weighted by Crippen LogP contribution is 2.60. The molecular formula is C36H52O3S. The Kier molecular flexibility index (Phi) is 9.31. The predicted molar refractivity (Wildman–Crippen MR) is 167 cm³/mol. The van der Waals surface area contributed by atoms with Crippen LogP contribution >= 0.6 is 11.3 Å². The largest absolute Gasteiger partial charge is 0.393 e. The van der Waals surface area contributed by atoms with Crippen LogP contribution in [0.1, 0.15) is 108 Å². The Labute approximate surface area is 246 Å². The van der Waals surface area contributed by atoms with Gasteiger partial charge in [-0.2, -0.15) is 0 Å². The van der Waals surface area contributed by atoms with Gasteiger partial charge in [0.1, 0.15) is 0 Å². The maximum absolute atomic E-state index is 11.4. The van der Waals surface area contributed by atoms with E-state index in [9.17, 15) is 15.3 Å². The molecule has 4 heteroatoms. The second-order valence-electron chi connectivity index (χ2n) is 13.8. The SMILES string of the molecule is C=C1C(=CC=C2CCC[C@]3(C)[C@@H]([C@H](C)C=C[C@@H](O)C4(c5cc(CCCCC)cs5)CC4)CC[C@@H]23)C[C@@H](O)C[C@@H]1O. The number of aliphatic hydroxyl groups is 3. The lowest BCUT2D eigenvalue weighted by atomic mass is 9.61. The number of fused-ring (bicyclic) bond motifs is 1. The first-order valence-corrected chi connectivity index (χ1v) is 16.9. The molecule has 7 atom stereocenters. The van der Waals surface area contributed by atoms with Crippen LogP contribution in [-0.2, 0) is 11.8 Å². The van der Waals surface area contributed by atoms with Crippen molar-refractivity contribution in [1.82, 2.24) is 0 Å². The van der Waals surface area contributed by atoms with Crippen LogP contribution in [0.5, 0.6) is 0 Å². The number of thiophene rings is 1. The summed E-state index contributed by atoms with van der Waals surface area (Å²) >= 11 is 1.86. The Morgan fingerprint density at radius 1 is 1.12 bits per heavy atom. The second-order valence-corrected chi connectivity index (χ2v) is 14.7. The van der Waals surface area contributed by atoms with Gasteiger partial charge in [0.25, 0.3) is 0 Å². The van der Waals surface area contributed by atoms with E-state index in [0.29, 0.717) is 30.6 Å². The molecule has 4 aliphatic carbocycles. The van der Waals surface area contributed by atoms with Gasteiger partial charge in [-0.15, -0.1) is 11.3 Å². The predicted octanol–water partition coefficient (Wildman–Crippen LogP) is 8.21. The van der Waals surface area contributed by atoms with Crippen molar-refractivity contribution in [2.75, 3.05) is 0 Å². The van der Waals surface area contributed by atoms with Crippen molar-refractivity contribution < 1.29 is 15.3 Å². The monoisotopic (exact) mass is 564 g/mol. The summed E-state index contributed by atoms with van der Waals surface area (Å²) in [6, 6.07) is 2.38. The van der Waals surface area contributed by atoms with Crippen molar-refractivity contribution in [2.45, 2.75) is 128 Å². The van der Waals surface area contributed by atoms with Gasteiger partial charge in [0, 0.05) is 16.7 Å². The van der Waals surface area contributed by atoms with Gasteiger partial charge < -0.3 is 15.3 Å². The highest BCUT2D eigenvalue weighted by molar-refractivity contribution is 7.10. The zero-order valence-electron chi connectivity index (χ0n) is 25.1. The van der Waals surface area contributed by atoms with Gasteiger partial charge >= 0.3 is 0 Å². The molecule has 0 radical (unpaired) electrons. The zero-order chi connectivity index (χ0) is 28.5. The number of hydrogen-bond acceptors (Lipinski definition) is 4. The molecule has 3 nitrogen and oxygen atoms in total. The summed E-state index contributed by atoms with van der Waals surface area (Å²) in [5, 5.41) is 34.1. The average Bonchev–Trinajstić information content (AvgIpc) is 3.46. The van der Waals surface area contributed by atoms with Gasteiger partial charge in [0.2, 0.25) is 0 Å². The fourth-order valence-corrected chi connectivity index (χ4v) is 9.62. The Hall–Kier alpha value is -1.46. The van der Waals surface area contributed by atoms with Crippen LogP contribution in [0.2, 0.25) is 0 Å². The van der Waals surface area contributed by atoms with E-state index in [1.165, 1.54) is 61.0 Å². The van der Waals surface area contributed by atoms with Crippen LogP contribution in [0, 0.1) is 23.2 Å². The molecule has 40 heavy (non-hydrogen) atoms. The second kappa shape index (κ2) is 12.4. The molecule has 3 N–H and O–H groups in total. The Morgan fingerprint density at radius 3 is 2.67 bits per heavy atom. The maximum atomic E-state index is 11.4. The standard InChI is InChI=1S/C36H52O3S/c1-5-6-7-9-26-20-34(40-23-26)36(18-19-36)33(39)16-11-24(2)30-14-15-31-27(10-8-17-35(30,31)4)12-13-28-21-29(37)22-32(38)25(28)3/h11-13,16,20,23-24,29-33,37-39H,3,5-10,14-15,17-19,21-22H2,1-2,4H3/t24-,29-,30-,31+,32+,33-,35-/m1/s1. The fraction of sp³-hybridized carbons (Fsp3) is 0.667. The molecule has 0 bridgehead atoms. The van der Waals surface area contributed by atoms with E-state index in [1.54, 1.807) is 0 Å². The highest BCUT2D eigenvalue weighted by atomic mass is 32.1. The lowest BCUT2D eigenvalue weighted by molar-refractivity contribution is 0.0862. The van der Waals surface area contributed by atoms with Crippen LogP contribution in [0.4, 0.5) is 0 Å². The van der Waals surface area contributed by atoms with E-state index >= 15 is 0 Å². The van der Waals surface area contributed by atoms with Crippen molar-refractivity contribution in [2.24, 2.45) is 23.2 Å². The van der Waals surface area contributed by atoms with Crippen LogP contribution in [0.25, 0.3) is 0 Å². The molecule has 5 rings (SSSR count). The minimum atomic E-state index is -0.633. The first kappa shape index (κ1) is 30.0. The van der Waals surface area contributed by atoms with Crippen molar-refractivity contribution >= 4 is 11.3 Å². The normalized spacial score (nSPS) is 35.4. The molecule has 4 saturated carbocycles.